The molecular weight excluding hydrogens is 336 g/mol. The van der Waals surface area contributed by atoms with Crippen LogP contribution in [0.4, 0.5) is 0 Å². The highest BCUT2D eigenvalue weighted by molar-refractivity contribution is 9.10. The second kappa shape index (κ2) is 7.49. The van der Waals surface area contributed by atoms with Crippen LogP contribution < -0.4 is 0 Å². The first-order valence-corrected chi connectivity index (χ1v) is 7.30. The molecule has 0 aliphatic heterocycles. The number of ether oxygens (including phenoxy) is 2. The molecule has 112 valence electrons. The Morgan fingerprint density at radius 1 is 1.33 bits per heavy atom. The van der Waals surface area contributed by atoms with E-state index in [1.165, 1.54) is 7.11 Å². The SMILES string of the molecule is COCCn1ncc(Br)c1C(=O)C(OC)c1ccccc1. The van der Waals surface area contributed by atoms with Crippen molar-refractivity contribution in [3.05, 3.63) is 52.3 Å². The Hall–Kier alpha value is -1.50. The maximum absolute atomic E-state index is 12.8. The molecule has 1 aromatic heterocycles. The van der Waals surface area contributed by atoms with Crippen LogP contribution in [0.2, 0.25) is 0 Å². The number of hydrogen-bond donors (Lipinski definition) is 0. The molecule has 0 saturated carbocycles. The van der Waals surface area contributed by atoms with Gasteiger partial charge in [0.15, 0.2) is 0 Å². The Labute approximate surface area is 132 Å². The maximum atomic E-state index is 12.8. The summed E-state index contributed by atoms with van der Waals surface area (Å²) in [7, 11) is 3.14. The Kier molecular flexibility index (Phi) is 5.67. The second-order valence-electron chi connectivity index (χ2n) is 4.45. The molecule has 0 saturated heterocycles. The zero-order valence-electron chi connectivity index (χ0n) is 12.0. The van der Waals surface area contributed by atoms with Crippen LogP contribution in [0.3, 0.4) is 0 Å². The number of rotatable bonds is 7. The first kappa shape index (κ1) is 15.9. The summed E-state index contributed by atoms with van der Waals surface area (Å²) in [6, 6.07) is 9.41. The van der Waals surface area contributed by atoms with Gasteiger partial charge in [0.05, 0.1) is 23.8 Å². The van der Waals surface area contributed by atoms with Crippen molar-refractivity contribution in [2.45, 2.75) is 12.6 Å². The Morgan fingerprint density at radius 2 is 2.05 bits per heavy atom. The lowest BCUT2D eigenvalue weighted by Gasteiger charge is -2.16. The second-order valence-corrected chi connectivity index (χ2v) is 5.30. The summed E-state index contributed by atoms with van der Waals surface area (Å²) in [5.74, 6) is -0.135. The van der Waals surface area contributed by atoms with Gasteiger partial charge in [-0.25, -0.2) is 0 Å². The fourth-order valence-corrected chi connectivity index (χ4v) is 2.59. The molecule has 2 aromatic rings. The van der Waals surface area contributed by atoms with E-state index in [-0.39, 0.29) is 5.78 Å². The lowest BCUT2D eigenvalue weighted by molar-refractivity contribution is 0.0590. The number of carbonyl (C=O) groups excluding carboxylic acids is 1. The van der Waals surface area contributed by atoms with E-state index in [4.69, 9.17) is 9.47 Å². The third-order valence-electron chi connectivity index (χ3n) is 3.11. The largest absolute Gasteiger partial charge is 0.383 e. The normalized spacial score (nSPS) is 12.3. The predicted octanol–water partition coefficient (Wildman–Crippen LogP) is 2.86. The smallest absolute Gasteiger partial charge is 0.215 e. The van der Waals surface area contributed by atoms with Gasteiger partial charge in [0.2, 0.25) is 5.78 Å². The van der Waals surface area contributed by atoms with Gasteiger partial charge in [0.25, 0.3) is 0 Å². The number of benzene rings is 1. The number of ketones is 1. The summed E-state index contributed by atoms with van der Waals surface area (Å²) >= 11 is 3.38. The lowest BCUT2D eigenvalue weighted by Crippen LogP contribution is -2.21. The lowest BCUT2D eigenvalue weighted by atomic mass is 10.0. The van der Waals surface area contributed by atoms with Crippen LogP contribution in [0.15, 0.2) is 41.0 Å². The molecule has 0 N–H and O–H groups in total. The molecule has 0 fully saturated rings. The van der Waals surface area contributed by atoms with E-state index >= 15 is 0 Å². The average Bonchev–Trinajstić information content (AvgIpc) is 2.87. The standard InChI is InChI=1S/C15H17BrN2O3/c1-20-9-8-18-13(12(16)10-17-18)14(19)15(21-2)11-6-4-3-5-7-11/h3-7,10,15H,8-9H2,1-2H3. The first-order chi connectivity index (χ1) is 10.2. The predicted molar refractivity (Wildman–Crippen MR) is 82.3 cm³/mol. The molecule has 0 aliphatic rings. The molecule has 5 nitrogen and oxygen atoms in total. The molecule has 2 rings (SSSR count). The minimum absolute atomic E-state index is 0.135. The fraction of sp³-hybridized carbons (Fsp3) is 0.333. The van der Waals surface area contributed by atoms with Crippen LogP contribution >= 0.6 is 15.9 Å². The summed E-state index contributed by atoms with van der Waals surface area (Å²) in [6.07, 6.45) is 0.959. The van der Waals surface area contributed by atoms with Crippen molar-refractivity contribution in [3.8, 4) is 0 Å². The fourth-order valence-electron chi connectivity index (χ4n) is 2.10. The molecule has 1 unspecified atom stereocenters. The average molecular weight is 353 g/mol. The molecule has 21 heavy (non-hydrogen) atoms. The molecule has 6 heteroatoms. The van der Waals surface area contributed by atoms with Gasteiger partial charge in [0, 0.05) is 14.2 Å². The molecule has 1 atom stereocenters. The van der Waals surface area contributed by atoms with E-state index in [0.29, 0.717) is 23.3 Å². The number of methoxy groups -OCH3 is 2. The van der Waals surface area contributed by atoms with Crippen molar-refractivity contribution in [2.75, 3.05) is 20.8 Å². The molecular formula is C15H17BrN2O3. The number of nitrogens with zero attached hydrogens (tertiary/aromatic N) is 2. The summed E-state index contributed by atoms with van der Waals surface area (Å²) < 4.78 is 12.7. The molecule has 0 amide bonds. The van der Waals surface area contributed by atoms with Crippen molar-refractivity contribution in [1.29, 1.82) is 0 Å². The third kappa shape index (κ3) is 3.58. The number of halogens is 1. The van der Waals surface area contributed by atoms with Gasteiger partial charge in [-0.05, 0) is 21.5 Å². The quantitative estimate of drug-likeness (QED) is 0.719. The number of Topliss-reactive ketones (excluding diaryl/α,β-unsaturated/α-hetero) is 1. The molecule has 0 spiro atoms. The monoisotopic (exact) mass is 352 g/mol. The topological polar surface area (TPSA) is 53.4 Å². The van der Waals surface area contributed by atoms with Gasteiger partial charge in [-0.2, -0.15) is 5.10 Å². The molecule has 0 aliphatic carbocycles. The van der Waals surface area contributed by atoms with Crippen molar-refractivity contribution in [3.63, 3.8) is 0 Å². The van der Waals surface area contributed by atoms with E-state index < -0.39 is 6.10 Å². The van der Waals surface area contributed by atoms with Gasteiger partial charge in [-0.1, -0.05) is 30.3 Å². The van der Waals surface area contributed by atoms with Crippen molar-refractivity contribution in [2.24, 2.45) is 0 Å². The number of carbonyl (C=O) groups is 1. The summed E-state index contributed by atoms with van der Waals surface area (Å²) in [6.45, 7) is 0.992. The zero-order valence-corrected chi connectivity index (χ0v) is 13.5. The molecule has 0 bridgehead atoms. The highest BCUT2D eigenvalue weighted by atomic mass is 79.9. The van der Waals surface area contributed by atoms with E-state index in [0.717, 1.165) is 5.56 Å². The van der Waals surface area contributed by atoms with Crippen LogP contribution in [0.5, 0.6) is 0 Å². The van der Waals surface area contributed by atoms with Crippen molar-refractivity contribution in [1.82, 2.24) is 9.78 Å². The Bertz CT molecular complexity index is 598. The first-order valence-electron chi connectivity index (χ1n) is 6.51. The zero-order chi connectivity index (χ0) is 15.2. The van der Waals surface area contributed by atoms with Crippen molar-refractivity contribution < 1.29 is 14.3 Å². The van der Waals surface area contributed by atoms with Gasteiger partial charge >= 0.3 is 0 Å². The van der Waals surface area contributed by atoms with E-state index in [2.05, 4.69) is 21.0 Å². The Morgan fingerprint density at radius 3 is 2.67 bits per heavy atom. The Balaban J connectivity index is 2.32. The van der Waals surface area contributed by atoms with E-state index in [1.807, 2.05) is 30.3 Å². The maximum Gasteiger partial charge on any atom is 0.215 e. The highest BCUT2D eigenvalue weighted by Gasteiger charge is 2.27. The number of aromatic nitrogens is 2. The third-order valence-corrected chi connectivity index (χ3v) is 3.69. The molecule has 0 radical (unpaired) electrons. The van der Waals surface area contributed by atoms with E-state index in [9.17, 15) is 4.79 Å². The van der Waals surface area contributed by atoms with Crippen LogP contribution in [0.1, 0.15) is 22.2 Å². The van der Waals surface area contributed by atoms with Crippen LogP contribution in [0.25, 0.3) is 0 Å². The molecule has 1 heterocycles. The van der Waals surface area contributed by atoms with Gasteiger partial charge in [-0.3, -0.25) is 9.48 Å². The molecule has 1 aromatic carbocycles. The van der Waals surface area contributed by atoms with Gasteiger partial charge in [-0.15, -0.1) is 0 Å². The highest BCUT2D eigenvalue weighted by Crippen LogP contribution is 2.26. The van der Waals surface area contributed by atoms with Gasteiger partial charge < -0.3 is 9.47 Å². The van der Waals surface area contributed by atoms with Crippen molar-refractivity contribution >= 4 is 21.7 Å². The van der Waals surface area contributed by atoms with E-state index in [1.54, 1.807) is 18.0 Å². The minimum atomic E-state index is -0.652. The summed E-state index contributed by atoms with van der Waals surface area (Å²) in [5.41, 5.74) is 1.30. The van der Waals surface area contributed by atoms with Gasteiger partial charge in [0.1, 0.15) is 11.8 Å². The summed E-state index contributed by atoms with van der Waals surface area (Å²) in [4.78, 5) is 12.8. The van der Waals surface area contributed by atoms with Crippen LogP contribution in [-0.2, 0) is 16.0 Å². The summed E-state index contributed by atoms with van der Waals surface area (Å²) in [5, 5.41) is 4.20. The van der Waals surface area contributed by atoms with Crippen LogP contribution in [0, 0.1) is 0 Å². The number of hydrogen-bond acceptors (Lipinski definition) is 4. The minimum Gasteiger partial charge on any atom is -0.383 e. The van der Waals surface area contributed by atoms with Crippen LogP contribution in [-0.4, -0.2) is 36.4 Å².